The molecule has 1 aromatic heterocycles. The molecule has 84 valence electrons. The summed E-state index contributed by atoms with van der Waals surface area (Å²) in [5, 5.41) is 2.87. The molecule has 0 bridgehead atoms. The maximum atomic E-state index is 11.7. The van der Waals surface area contributed by atoms with E-state index in [0.29, 0.717) is 5.92 Å². The van der Waals surface area contributed by atoms with Crippen LogP contribution >= 0.6 is 0 Å². The number of benzene rings is 1. The van der Waals surface area contributed by atoms with Gasteiger partial charge in [-0.3, -0.25) is 14.6 Å². The molecule has 0 atom stereocenters. The van der Waals surface area contributed by atoms with Gasteiger partial charge in [-0.2, -0.15) is 0 Å². The number of para-hydroxylation sites is 1. The van der Waals surface area contributed by atoms with Crippen LogP contribution in [0.25, 0.3) is 5.69 Å². The van der Waals surface area contributed by atoms with E-state index in [1.165, 1.54) is 0 Å². The van der Waals surface area contributed by atoms with Gasteiger partial charge in [-0.15, -0.1) is 0 Å². The van der Waals surface area contributed by atoms with Gasteiger partial charge < -0.3 is 0 Å². The number of hydrogen-bond acceptors (Lipinski definition) is 1. The average molecular weight is 216 g/mol. The zero-order chi connectivity index (χ0) is 11.7. The largest absolute Gasteiger partial charge is 0.268 e. The third-order valence-corrected chi connectivity index (χ3v) is 2.74. The SMILES string of the molecule is Cc1c(C(C)C)n(-c2ccccc2)[nH]c1=O. The predicted molar refractivity (Wildman–Crippen MR) is 65.2 cm³/mol. The summed E-state index contributed by atoms with van der Waals surface area (Å²) in [5.74, 6) is 0.319. The maximum absolute atomic E-state index is 11.7. The third kappa shape index (κ3) is 1.69. The van der Waals surface area contributed by atoms with Crippen LogP contribution in [0, 0.1) is 6.92 Å². The van der Waals surface area contributed by atoms with Crippen molar-refractivity contribution < 1.29 is 0 Å². The standard InChI is InChI=1S/C13H16N2O/c1-9(2)12-10(3)13(16)14-15(12)11-7-5-4-6-8-11/h4-9H,1-3H3,(H,14,16). The second-order valence-electron chi connectivity index (χ2n) is 4.28. The summed E-state index contributed by atoms with van der Waals surface area (Å²) >= 11 is 0. The van der Waals surface area contributed by atoms with Crippen LogP contribution in [0.2, 0.25) is 0 Å². The molecule has 3 heteroatoms. The van der Waals surface area contributed by atoms with Crippen LogP contribution in [0.5, 0.6) is 0 Å². The zero-order valence-electron chi connectivity index (χ0n) is 9.82. The van der Waals surface area contributed by atoms with Gasteiger partial charge in [0, 0.05) is 5.56 Å². The van der Waals surface area contributed by atoms with Crippen molar-refractivity contribution in [2.45, 2.75) is 26.7 Å². The number of aromatic nitrogens is 2. The van der Waals surface area contributed by atoms with E-state index in [1.54, 1.807) is 0 Å². The van der Waals surface area contributed by atoms with Crippen molar-refractivity contribution in [1.82, 2.24) is 9.78 Å². The molecular formula is C13H16N2O. The first-order valence-corrected chi connectivity index (χ1v) is 5.48. The summed E-state index contributed by atoms with van der Waals surface area (Å²) in [6, 6.07) is 9.87. The van der Waals surface area contributed by atoms with Gasteiger partial charge in [-0.05, 0) is 25.0 Å². The van der Waals surface area contributed by atoms with E-state index in [0.717, 1.165) is 16.9 Å². The van der Waals surface area contributed by atoms with E-state index < -0.39 is 0 Å². The lowest BCUT2D eigenvalue weighted by Crippen LogP contribution is -2.05. The van der Waals surface area contributed by atoms with Gasteiger partial charge in [0.15, 0.2) is 0 Å². The van der Waals surface area contributed by atoms with Gasteiger partial charge in [-0.25, -0.2) is 0 Å². The van der Waals surface area contributed by atoms with Gasteiger partial charge in [0.2, 0.25) is 0 Å². The number of aromatic amines is 1. The van der Waals surface area contributed by atoms with E-state index in [9.17, 15) is 4.79 Å². The molecule has 0 amide bonds. The zero-order valence-corrected chi connectivity index (χ0v) is 9.82. The molecule has 0 aliphatic carbocycles. The second-order valence-corrected chi connectivity index (χ2v) is 4.28. The lowest BCUT2D eigenvalue weighted by atomic mass is 10.1. The molecule has 0 fully saturated rings. The van der Waals surface area contributed by atoms with Crippen LogP contribution in [-0.2, 0) is 0 Å². The van der Waals surface area contributed by atoms with E-state index in [1.807, 2.05) is 41.9 Å². The fourth-order valence-electron chi connectivity index (χ4n) is 2.00. The van der Waals surface area contributed by atoms with Gasteiger partial charge >= 0.3 is 0 Å². The lowest BCUT2D eigenvalue weighted by molar-refractivity contribution is 0.728. The van der Waals surface area contributed by atoms with E-state index in [-0.39, 0.29) is 5.56 Å². The van der Waals surface area contributed by atoms with Crippen molar-refractivity contribution in [2.75, 3.05) is 0 Å². The summed E-state index contributed by atoms with van der Waals surface area (Å²) in [6.45, 7) is 6.05. The molecule has 0 unspecified atom stereocenters. The minimum absolute atomic E-state index is 0.00690. The third-order valence-electron chi connectivity index (χ3n) is 2.74. The molecule has 1 heterocycles. The monoisotopic (exact) mass is 216 g/mol. The summed E-state index contributed by atoms with van der Waals surface area (Å²) in [5.41, 5.74) is 2.85. The number of hydrogen-bond donors (Lipinski definition) is 1. The van der Waals surface area contributed by atoms with Gasteiger partial charge in [0.1, 0.15) is 0 Å². The van der Waals surface area contributed by atoms with Crippen molar-refractivity contribution in [3.63, 3.8) is 0 Å². The molecule has 0 aliphatic heterocycles. The normalized spacial score (nSPS) is 11.0. The number of nitrogens with zero attached hydrogens (tertiary/aromatic N) is 1. The highest BCUT2D eigenvalue weighted by atomic mass is 16.1. The van der Waals surface area contributed by atoms with Crippen LogP contribution in [0.15, 0.2) is 35.1 Å². The van der Waals surface area contributed by atoms with Crippen LogP contribution in [-0.4, -0.2) is 9.78 Å². The summed E-state index contributed by atoms with van der Waals surface area (Å²) < 4.78 is 1.88. The molecule has 1 N–H and O–H groups in total. The topological polar surface area (TPSA) is 37.8 Å². The van der Waals surface area contributed by atoms with Gasteiger partial charge in [0.25, 0.3) is 5.56 Å². The van der Waals surface area contributed by atoms with Crippen molar-refractivity contribution in [1.29, 1.82) is 0 Å². The Labute approximate surface area is 94.7 Å². The first kappa shape index (κ1) is 10.7. The Morgan fingerprint density at radius 1 is 1.19 bits per heavy atom. The first-order valence-electron chi connectivity index (χ1n) is 5.48. The van der Waals surface area contributed by atoms with Crippen molar-refractivity contribution >= 4 is 0 Å². The first-order chi connectivity index (χ1) is 7.61. The number of rotatable bonds is 2. The van der Waals surface area contributed by atoms with Gasteiger partial charge in [-0.1, -0.05) is 32.0 Å². The smallest absolute Gasteiger partial charge is 0.267 e. The van der Waals surface area contributed by atoms with E-state index >= 15 is 0 Å². The minimum atomic E-state index is -0.00690. The summed E-state index contributed by atoms with van der Waals surface area (Å²) in [7, 11) is 0. The molecule has 2 aromatic rings. The molecule has 1 aromatic carbocycles. The fourth-order valence-corrected chi connectivity index (χ4v) is 2.00. The molecule has 0 saturated heterocycles. The second kappa shape index (κ2) is 4.00. The average Bonchev–Trinajstić information content (AvgIpc) is 2.57. The Morgan fingerprint density at radius 3 is 2.38 bits per heavy atom. The van der Waals surface area contributed by atoms with Crippen molar-refractivity contribution in [3.05, 3.63) is 51.9 Å². The Kier molecular flexibility index (Phi) is 2.69. The molecular weight excluding hydrogens is 200 g/mol. The molecule has 3 nitrogen and oxygen atoms in total. The molecule has 0 saturated carbocycles. The van der Waals surface area contributed by atoms with Crippen LogP contribution < -0.4 is 5.56 Å². The Bertz CT molecular complexity index is 535. The Morgan fingerprint density at radius 2 is 1.81 bits per heavy atom. The van der Waals surface area contributed by atoms with Crippen molar-refractivity contribution in [3.8, 4) is 5.69 Å². The lowest BCUT2D eigenvalue weighted by Gasteiger charge is -2.11. The molecule has 0 aliphatic rings. The predicted octanol–water partition coefficient (Wildman–Crippen LogP) is 2.60. The highest BCUT2D eigenvalue weighted by Gasteiger charge is 2.14. The van der Waals surface area contributed by atoms with E-state index in [2.05, 4.69) is 18.9 Å². The molecule has 0 spiro atoms. The van der Waals surface area contributed by atoms with Crippen LogP contribution in [0.3, 0.4) is 0 Å². The highest BCUT2D eigenvalue weighted by molar-refractivity contribution is 5.35. The quantitative estimate of drug-likeness (QED) is 0.823. The summed E-state index contributed by atoms with van der Waals surface area (Å²) in [6.07, 6.45) is 0. The Hall–Kier alpha value is -1.77. The summed E-state index contributed by atoms with van der Waals surface area (Å²) in [4.78, 5) is 11.7. The van der Waals surface area contributed by atoms with Crippen molar-refractivity contribution in [2.24, 2.45) is 0 Å². The molecule has 16 heavy (non-hydrogen) atoms. The van der Waals surface area contributed by atoms with Gasteiger partial charge in [0.05, 0.1) is 11.4 Å². The Balaban J connectivity index is 2.66. The molecule has 2 rings (SSSR count). The fraction of sp³-hybridized carbons (Fsp3) is 0.308. The maximum Gasteiger partial charge on any atom is 0.267 e. The minimum Gasteiger partial charge on any atom is -0.268 e. The van der Waals surface area contributed by atoms with E-state index in [4.69, 9.17) is 0 Å². The highest BCUT2D eigenvalue weighted by Crippen LogP contribution is 2.19. The van der Waals surface area contributed by atoms with Crippen LogP contribution in [0.1, 0.15) is 31.0 Å². The molecule has 0 radical (unpaired) electrons. The number of H-pyrrole nitrogens is 1. The number of nitrogens with one attached hydrogen (secondary N) is 1. The van der Waals surface area contributed by atoms with Crippen LogP contribution in [0.4, 0.5) is 0 Å².